The van der Waals surface area contributed by atoms with Crippen molar-refractivity contribution in [2.75, 3.05) is 6.61 Å². The van der Waals surface area contributed by atoms with E-state index in [9.17, 15) is 29.2 Å². The van der Waals surface area contributed by atoms with Gasteiger partial charge in [0.1, 0.15) is 6.04 Å². The van der Waals surface area contributed by atoms with Crippen LogP contribution in [0.2, 0.25) is 0 Å². The van der Waals surface area contributed by atoms with E-state index in [2.05, 4.69) is 43.2 Å². The van der Waals surface area contributed by atoms with Gasteiger partial charge in [-0.3, -0.25) is 14.4 Å². The zero-order valence-corrected chi connectivity index (χ0v) is 32.1. The number of hydrogen-bond acceptors (Lipinski definition) is 7. The third-order valence-electron chi connectivity index (χ3n) is 8.52. The predicted molar refractivity (Wildman–Crippen MR) is 200 cm³/mol. The van der Waals surface area contributed by atoms with Crippen LogP contribution in [0.25, 0.3) is 0 Å². The second kappa shape index (κ2) is 34.5. The Balaban J connectivity index is 4.26. The molecule has 3 N–H and O–H groups in total. The van der Waals surface area contributed by atoms with Crippen LogP contribution in [0.3, 0.4) is 0 Å². The number of carbonyl (C=O) groups is 3. The van der Waals surface area contributed by atoms with Gasteiger partial charge in [-0.15, -0.1) is 0 Å². The van der Waals surface area contributed by atoms with E-state index >= 15 is 0 Å². The van der Waals surface area contributed by atoms with Crippen LogP contribution in [0, 0.1) is 0 Å². The zero-order chi connectivity index (χ0) is 36.3. The summed E-state index contributed by atoms with van der Waals surface area (Å²) in [5, 5.41) is 20.7. The molecule has 0 rings (SSSR count). The Labute approximate surface area is 299 Å². The number of rotatable bonds is 36. The van der Waals surface area contributed by atoms with Crippen LogP contribution in [0.1, 0.15) is 194 Å². The lowest BCUT2D eigenvalue weighted by atomic mass is 10.1. The first kappa shape index (κ1) is 47.0. The smallest absolute Gasteiger partial charge is 0.480 e. The highest BCUT2D eigenvalue weighted by Crippen LogP contribution is 2.45. The molecule has 0 bridgehead atoms. The number of nitrogens with one attached hydrogen (secondary N) is 1. The molecule has 0 aliphatic heterocycles. The molecule has 0 amide bonds. The maximum absolute atomic E-state index is 13.2. The van der Waals surface area contributed by atoms with Crippen LogP contribution >= 0.6 is 7.75 Å². The average molecular weight is 714 g/mol. The van der Waals surface area contributed by atoms with Gasteiger partial charge in [-0.25, -0.2) is 4.57 Å². The maximum atomic E-state index is 13.2. The van der Waals surface area contributed by atoms with Crippen molar-refractivity contribution in [1.29, 1.82) is 0 Å². The summed E-state index contributed by atoms with van der Waals surface area (Å²) in [7, 11) is -4.64. The fourth-order valence-electron chi connectivity index (χ4n) is 5.48. The quantitative estimate of drug-likeness (QED) is 0.0329. The lowest BCUT2D eigenvalue weighted by Gasteiger charge is -2.21. The zero-order valence-electron chi connectivity index (χ0n) is 31.2. The minimum Gasteiger partial charge on any atom is -0.480 e. The summed E-state index contributed by atoms with van der Waals surface area (Å²) in [4.78, 5) is 36.3. The van der Waals surface area contributed by atoms with Gasteiger partial charge in [0.2, 0.25) is 0 Å². The van der Waals surface area contributed by atoms with Crippen molar-refractivity contribution in [3.8, 4) is 0 Å². The second-order valence-corrected chi connectivity index (χ2v) is 14.9. The minimum absolute atomic E-state index is 0.0352. The lowest BCUT2D eigenvalue weighted by Crippen LogP contribution is -2.39. The van der Waals surface area contributed by atoms with E-state index in [1.165, 1.54) is 77.0 Å². The molecule has 49 heavy (non-hydrogen) atoms. The van der Waals surface area contributed by atoms with E-state index in [1.54, 1.807) is 0 Å². The lowest BCUT2D eigenvalue weighted by molar-refractivity contribution is -0.143. The molecule has 9 nitrogen and oxygen atoms in total. The van der Waals surface area contributed by atoms with Crippen molar-refractivity contribution in [3.63, 3.8) is 0 Å². The molecule has 1 atom stereocenters. The standard InChI is InChI=1S/C39H72NO8P/c1-3-5-7-9-11-13-15-17-19-21-23-25-27-29-31-33-37(42)47-49(46,40-36(35-41)39(44)45)48-38(43)34-32-30-28-26-24-22-20-18-16-14-12-10-8-6-4-2/h17-20,36,41H,3-16,21-35H2,1-2H3,(H,40,46)(H,44,45)/t36-,49?/m0/s1. The van der Waals surface area contributed by atoms with Crippen molar-refractivity contribution in [3.05, 3.63) is 24.3 Å². The third kappa shape index (κ3) is 31.7. The van der Waals surface area contributed by atoms with E-state index in [1.807, 2.05) is 0 Å². The maximum Gasteiger partial charge on any atom is 0.518 e. The van der Waals surface area contributed by atoms with Gasteiger partial charge in [0.25, 0.3) is 0 Å². The normalized spacial score (nSPS) is 13.5. The fourth-order valence-corrected chi connectivity index (χ4v) is 6.91. The first-order valence-corrected chi connectivity index (χ1v) is 21.3. The SMILES string of the molecule is CCCCCCCCC=CCCCCCCCC(=O)OP(=O)(N[C@@H](CO)C(=O)O)OC(=O)CCCCCCCC=CCCCCCCCC. The predicted octanol–water partition coefficient (Wildman–Crippen LogP) is 11.3. The summed E-state index contributed by atoms with van der Waals surface area (Å²) in [6.07, 6.45) is 37.8. The van der Waals surface area contributed by atoms with E-state index < -0.39 is 38.3 Å². The number of aliphatic hydroxyl groups is 1. The Kier molecular flexibility index (Phi) is 33.1. The highest BCUT2D eigenvalue weighted by Gasteiger charge is 2.37. The van der Waals surface area contributed by atoms with Crippen LogP contribution in [-0.2, 0) is 28.0 Å². The van der Waals surface area contributed by atoms with E-state index in [-0.39, 0.29) is 12.8 Å². The van der Waals surface area contributed by atoms with Gasteiger partial charge in [-0.05, 0) is 64.2 Å². The minimum atomic E-state index is -4.64. The number of hydrogen-bond donors (Lipinski definition) is 3. The Morgan fingerprint density at radius 2 is 0.857 bits per heavy atom. The molecule has 0 aromatic heterocycles. The fraction of sp³-hybridized carbons (Fsp3) is 0.821. The van der Waals surface area contributed by atoms with Crippen LogP contribution in [0.5, 0.6) is 0 Å². The summed E-state index contributed by atoms with van der Waals surface area (Å²) >= 11 is 0. The van der Waals surface area contributed by atoms with Crippen molar-refractivity contribution >= 4 is 25.7 Å². The molecule has 0 aromatic carbocycles. The first-order chi connectivity index (χ1) is 23.8. The van der Waals surface area contributed by atoms with Gasteiger partial charge in [0.15, 0.2) is 0 Å². The van der Waals surface area contributed by atoms with Gasteiger partial charge in [-0.1, -0.05) is 141 Å². The number of carboxylic acid groups (broad SMARTS) is 1. The van der Waals surface area contributed by atoms with Gasteiger partial charge in [0, 0.05) is 12.8 Å². The van der Waals surface area contributed by atoms with Crippen molar-refractivity contribution in [2.24, 2.45) is 0 Å². The Morgan fingerprint density at radius 1 is 0.551 bits per heavy atom. The molecule has 0 fully saturated rings. The van der Waals surface area contributed by atoms with Crippen LogP contribution < -0.4 is 5.09 Å². The van der Waals surface area contributed by atoms with Gasteiger partial charge < -0.3 is 19.3 Å². The number of carboxylic acids is 1. The van der Waals surface area contributed by atoms with E-state index in [0.29, 0.717) is 12.8 Å². The van der Waals surface area contributed by atoms with Crippen molar-refractivity contribution < 1.29 is 38.2 Å². The van der Waals surface area contributed by atoms with Crippen molar-refractivity contribution in [2.45, 2.75) is 200 Å². The Bertz CT molecular complexity index is 865. The molecule has 0 saturated heterocycles. The van der Waals surface area contributed by atoms with E-state index in [4.69, 9.17) is 9.05 Å². The number of carbonyl (C=O) groups excluding carboxylic acids is 2. The number of aliphatic carboxylic acids is 1. The van der Waals surface area contributed by atoms with Gasteiger partial charge in [0.05, 0.1) is 6.61 Å². The van der Waals surface area contributed by atoms with Gasteiger partial charge >= 0.3 is 25.7 Å². The molecule has 10 heteroatoms. The molecule has 0 aromatic rings. The van der Waals surface area contributed by atoms with Crippen LogP contribution in [0.15, 0.2) is 24.3 Å². The van der Waals surface area contributed by atoms with Crippen LogP contribution in [-0.4, -0.2) is 40.8 Å². The topological polar surface area (TPSA) is 139 Å². The second-order valence-electron chi connectivity index (χ2n) is 13.3. The van der Waals surface area contributed by atoms with Crippen molar-refractivity contribution in [1.82, 2.24) is 5.09 Å². The highest BCUT2D eigenvalue weighted by atomic mass is 31.2. The molecular weight excluding hydrogens is 641 g/mol. The number of aliphatic hydroxyl groups excluding tert-OH is 1. The summed E-state index contributed by atoms with van der Waals surface area (Å²) in [6, 6.07) is -1.72. The first-order valence-electron chi connectivity index (χ1n) is 19.7. The summed E-state index contributed by atoms with van der Waals surface area (Å²) in [5.41, 5.74) is 0. The molecule has 286 valence electrons. The summed E-state index contributed by atoms with van der Waals surface area (Å²) in [5.74, 6) is -3.20. The number of unbranched alkanes of at least 4 members (excludes halogenated alkanes) is 22. The average Bonchev–Trinajstić information content (AvgIpc) is 3.07. The molecule has 0 aliphatic rings. The monoisotopic (exact) mass is 713 g/mol. The van der Waals surface area contributed by atoms with E-state index in [0.717, 1.165) is 77.0 Å². The molecular formula is C39H72NO8P. The molecule has 0 heterocycles. The van der Waals surface area contributed by atoms with Gasteiger partial charge in [-0.2, -0.15) is 5.09 Å². The largest absolute Gasteiger partial charge is 0.518 e. The molecule has 0 radical (unpaired) electrons. The molecule has 0 spiro atoms. The third-order valence-corrected chi connectivity index (χ3v) is 10.0. The highest BCUT2D eigenvalue weighted by molar-refractivity contribution is 7.52. The van der Waals surface area contributed by atoms with Crippen LogP contribution in [0.4, 0.5) is 0 Å². The molecule has 0 aliphatic carbocycles. The summed E-state index contributed by atoms with van der Waals surface area (Å²) in [6.45, 7) is 3.55. The summed E-state index contributed by atoms with van der Waals surface area (Å²) < 4.78 is 23.3. The number of allylic oxidation sites excluding steroid dienone is 4. The molecule has 0 unspecified atom stereocenters. The Hall–Kier alpha value is -1.96. The molecule has 0 saturated carbocycles. The Morgan fingerprint density at radius 3 is 1.16 bits per heavy atom.